The van der Waals surface area contributed by atoms with E-state index in [-0.39, 0.29) is 18.1 Å². The Hall–Kier alpha value is -2.04. The average Bonchev–Trinajstić information content (AvgIpc) is 3.26. The summed E-state index contributed by atoms with van der Waals surface area (Å²) in [5, 5.41) is -4.67. The number of carbonyl (C=O) groups is 1. The van der Waals surface area contributed by atoms with Gasteiger partial charge in [0.05, 0.1) is 6.61 Å². The Kier molecular flexibility index (Phi) is 4.52. The maximum absolute atomic E-state index is 13.0. The number of hydrogen-bond donors (Lipinski definition) is 0. The molecular formula is C15H13F2O7S-. The van der Waals surface area contributed by atoms with Crippen molar-refractivity contribution >= 4 is 22.2 Å². The molecule has 1 atom stereocenters. The zero-order chi connectivity index (χ0) is 18.2. The number of alkyl halides is 2. The van der Waals surface area contributed by atoms with Crippen molar-refractivity contribution in [3.8, 4) is 5.75 Å². The van der Waals surface area contributed by atoms with Crippen molar-refractivity contribution in [2.24, 2.45) is 0 Å². The minimum Gasteiger partial charge on any atom is -0.743 e. The molecule has 1 aromatic rings. The fourth-order valence-electron chi connectivity index (χ4n) is 2.21. The zero-order valence-electron chi connectivity index (χ0n) is 12.7. The molecular weight excluding hydrogens is 362 g/mol. The van der Waals surface area contributed by atoms with Crippen molar-refractivity contribution in [1.29, 1.82) is 0 Å². The highest BCUT2D eigenvalue weighted by atomic mass is 32.2. The molecule has 25 heavy (non-hydrogen) atoms. The number of benzene rings is 1. The van der Waals surface area contributed by atoms with E-state index in [4.69, 9.17) is 9.47 Å². The Morgan fingerprint density at radius 2 is 2.12 bits per heavy atom. The first kappa shape index (κ1) is 17.8. The van der Waals surface area contributed by atoms with Gasteiger partial charge in [0.25, 0.3) is 0 Å². The van der Waals surface area contributed by atoms with Crippen LogP contribution >= 0.6 is 0 Å². The van der Waals surface area contributed by atoms with Gasteiger partial charge < -0.3 is 18.8 Å². The van der Waals surface area contributed by atoms with E-state index in [0.29, 0.717) is 24.5 Å². The van der Waals surface area contributed by atoms with Crippen LogP contribution in [0.5, 0.6) is 5.75 Å². The Morgan fingerprint density at radius 3 is 2.76 bits per heavy atom. The molecule has 1 aromatic carbocycles. The summed E-state index contributed by atoms with van der Waals surface area (Å²) in [4.78, 5) is 11.8. The standard InChI is InChI=1S/C15H14F2O7S/c16-15(17,25(19,20)21)8-24-14(18)11-3-9-1-2-12(5-10(9)4-11)22-6-13-7-23-13/h1-3,5,13H,4,6-8H2,(H,19,20,21)/p-1. The van der Waals surface area contributed by atoms with Gasteiger partial charge in [0.15, 0.2) is 16.7 Å². The SMILES string of the molecule is O=C(OCC(F)(F)S(=O)(=O)[O-])C1=Cc2ccc(OCC3CO3)cc2C1. The molecule has 0 N–H and O–H groups in total. The second-order valence-corrected chi connectivity index (χ2v) is 7.15. The fraction of sp³-hybridized carbons (Fsp3) is 0.400. The Balaban J connectivity index is 1.59. The third-order valence-electron chi connectivity index (χ3n) is 3.66. The largest absolute Gasteiger partial charge is 0.743 e. The molecule has 0 saturated carbocycles. The molecule has 10 heteroatoms. The van der Waals surface area contributed by atoms with Crippen LogP contribution in [0.1, 0.15) is 11.1 Å². The summed E-state index contributed by atoms with van der Waals surface area (Å²) in [6, 6.07) is 5.12. The second kappa shape index (κ2) is 6.36. The maximum Gasteiger partial charge on any atom is 0.367 e. The zero-order valence-corrected chi connectivity index (χ0v) is 13.6. The number of carbonyl (C=O) groups excluding carboxylic acids is 1. The molecule has 3 rings (SSSR count). The van der Waals surface area contributed by atoms with E-state index in [1.54, 1.807) is 18.2 Å². The topological polar surface area (TPSA) is 105 Å². The normalized spacial score (nSPS) is 19.2. The predicted octanol–water partition coefficient (Wildman–Crippen LogP) is 1.08. The molecule has 1 saturated heterocycles. The molecule has 1 fully saturated rings. The van der Waals surface area contributed by atoms with Crippen LogP contribution in [-0.2, 0) is 30.8 Å². The molecule has 7 nitrogen and oxygen atoms in total. The Bertz CT molecular complexity index is 828. The van der Waals surface area contributed by atoms with Crippen LogP contribution in [0, 0.1) is 0 Å². The van der Waals surface area contributed by atoms with E-state index in [9.17, 15) is 26.5 Å². The molecule has 1 aliphatic heterocycles. The molecule has 0 amide bonds. The number of esters is 1. The average molecular weight is 375 g/mol. The maximum atomic E-state index is 13.0. The van der Waals surface area contributed by atoms with Crippen LogP contribution in [0.3, 0.4) is 0 Å². The van der Waals surface area contributed by atoms with Gasteiger partial charge in [-0.2, -0.15) is 8.78 Å². The first-order valence-electron chi connectivity index (χ1n) is 7.24. The molecule has 0 aromatic heterocycles. The summed E-state index contributed by atoms with van der Waals surface area (Å²) in [6.45, 7) is -0.743. The lowest BCUT2D eigenvalue weighted by Gasteiger charge is -2.19. The highest BCUT2D eigenvalue weighted by molar-refractivity contribution is 7.86. The Labute approximate surface area is 141 Å². The van der Waals surface area contributed by atoms with Crippen molar-refractivity contribution in [3.63, 3.8) is 0 Å². The van der Waals surface area contributed by atoms with Crippen LogP contribution in [0.2, 0.25) is 0 Å². The van der Waals surface area contributed by atoms with Crippen molar-refractivity contribution in [2.45, 2.75) is 17.8 Å². The third kappa shape index (κ3) is 4.14. The van der Waals surface area contributed by atoms with Gasteiger partial charge in [-0.05, 0) is 29.3 Å². The lowest BCUT2D eigenvalue weighted by atomic mass is 10.1. The van der Waals surface area contributed by atoms with Gasteiger partial charge in [-0.1, -0.05) is 6.07 Å². The Morgan fingerprint density at radius 1 is 1.40 bits per heavy atom. The van der Waals surface area contributed by atoms with Gasteiger partial charge in [-0.3, -0.25) is 0 Å². The summed E-state index contributed by atoms with van der Waals surface area (Å²) in [6.07, 6.45) is 1.67. The monoisotopic (exact) mass is 375 g/mol. The summed E-state index contributed by atoms with van der Waals surface area (Å²) in [7, 11) is -5.90. The summed E-state index contributed by atoms with van der Waals surface area (Å²) < 4.78 is 72.0. The second-order valence-electron chi connectivity index (χ2n) is 5.64. The smallest absolute Gasteiger partial charge is 0.367 e. The number of halogens is 2. The van der Waals surface area contributed by atoms with Crippen molar-refractivity contribution in [1.82, 2.24) is 0 Å². The third-order valence-corrected chi connectivity index (χ3v) is 4.51. The predicted molar refractivity (Wildman–Crippen MR) is 79.0 cm³/mol. The molecule has 1 unspecified atom stereocenters. The minimum absolute atomic E-state index is 0.0803. The number of hydrogen-bond acceptors (Lipinski definition) is 7. The van der Waals surface area contributed by atoms with Crippen LogP contribution < -0.4 is 4.74 Å². The highest BCUT2D eigenvalue weighted by Crippen LogP contribution is 2.30. The van der Waals surface area contributed by atoms with Gasteiger partial charge in [-0.15, -0.1) is 0 Å². The van der Waals surface area contributed by atoms with E-state index in [0.717, 1.165) is 5.56 Å². The minimum atomic E-state index is -5.90. The lowest BCUT2D eigenvalue weighted by Crippen LogP contribution is -2.35. The van der Waals surface area contributed by atoms with E-state index in [2.05, 4.69) is 4.74 Å². The van der Waals surface area contributed by atoms with Crippen LogP contribution in [0.25, 0.3) is 6.08 Å². The molecule has 0 bridgehead atoms. The lowest BCUT2D eigenvalue weighted by molar-refractivity contribution is -0.144. The first-order chi connectivity index (χ1) is 11.7. The molecule has 0 spiro atoms. The first-order valence-corrected chi connectivity index (χ1v) is 8.65. The molecule has 2 aliphatic rings. The summed E-state index contributed by atoms with van der Waals surface area (Å²) >= 11 is 0. The van der Waals surface area contributed by atoms with Gasteiger partial charge in [0.2, 0.25) is 0 Å². The van der Waals surface area contributed by atoms with Gasteiger partial charge in [0.1, 0.15) is 18.5 Å². The molecule has 136 valence electrons. The van der Waals surface area contributed by atoms with E-state index in [1.807, 2.05) is 0 Å². The highest BCUT2D eigenvalue weighted by Gasteiger charge is 2.39. The summed E-state index contributed by atoms with van der Waals surface area (Å²) in [5.41, 5.74) is 1.52. The number of rotatable bonds is 7. The fourth-order valence-corrected chi connectivity index (χ4v) is 2.41. The number of ether oxygens (including phenoxy) is 3. The molecule has 1 heterocycles. The van der Waals surface area contributed by atoms with E-state index < -0.39 is 27.9 Å². The summed E-state index contributed by atoms with van der Waals surface area (Å²) in [5.74, 6) is -0.519. The van der Waals surface area contributed by atoms with E-state index in [1.165, 1.54) is 6.08 Å². The van der Waals surface area contributed by atoms with Gasteiger partial charge >= 0.3 is 11.2 Å². The number of fused-ring (bicyclic) bond motifs is 1. The van der Waals surface area contributed by atoms with Crippen LogP contribution in [-0.4, -0.2) is 50.1 Å². The van der Waals surface area contributed by atoms with Crippen LogP contribution in [0.4, 0.5) is 8.78 Å². The molecule has 1 aliphatic carbocycles. The van der Waals surface area contributed by atoms with E-state index >= 15 is 0 Å². The van der Waals surface area contributed by atoms with Gasteiger partial charge in [0, 0.05) is 12.0 Å². The number of epoxide rings is 1. The van der Waals surface area contributed by atoms with Crippen LogP contribution in [0.15, 0.2) is 23.8 Å². The quantitative estimate of drug-likeness (QED) is 0.399. The van der Waals surface area contributed by atoms with Crippen molar-refractivity contribution in [3.05, 3.63) is 34.9 Å². The molecule has 0 radical (unpaired) electrons. The van der Waals surface area contributed by atoms with Gasteiger partial charge in [-0.25, -0.2) is 13.2 Å². The van der Waals surface area contributed by atoms with Crippen molar-refractivity contribution in [2.75, 3.05) is 19.8 Å². The van der Waals surface area contributed by atoms with Crippen molar-refractivity contribution < 1.29 is 40.8 Å².